The highest BCUT2D eigenvalue weighted by Gasteiger charge is 2.09. The lowest BCUT2D eigenvalue weighted by atomic mass is 9.97. The third kappa shape index (κ3) is 5.73. The summed E-state index contributed by atoms with van der Waals surface area (Å²) in [6.07, 6.45) is 1.05. The van der Waals surface area contributed by atoms with Gasteiger partial charge in [-0.15, -0.1) is 0 Å². The Morgan fingerprint density at radius 1 is 1.18 bits per heavy atom. The molecule has 0 spiro atoms. The monoisotopic (exact) mass is 235 g/mol. The van der Waals surface area contributed by atoms with Crippen molar-refractivity contribution in [3.63, 3.8) is 0 Å². The van der Waals surface area contributed by atoms with E-state index in [1.54, 1.807) is 0 Å². The summed E-state index contributed by atoms with van der Waals surface area (Å²) in [7, 11) is 0. The van der Waals surface area contributed by atoms with Gasteiger partial charge in [0.15, 0.2) is 0 Å². The zero-order valence-corrected chi connectivity index (χ0v) is 11.5. The molecule has 0 aliphatic carbocycles. The maximum atomic E-state index is 5.73. The second kappa shape index (κ2) is 6.65. The highest BCUT2D eigenvalue weighted by Crippen LogP contribution is 2.18. The number of para-hydroxylation sites is 1. The minimum atomic E-state index is 0.319. The van der Waals surface area contributed by atoms with Crippen LogP contribution in [-0.4, -0.2) is 13.2 Å². The van der Waals surface area contributed by atoms with Crippen molar-refractivity contribution in [2.45, 2.75) is 40.7 Å². The molecule has 0 saturated heterocycles. The van der Waals surface area contributed by atoms with Crippen LogP contribution in [0.1, 0.15) is 39.7 Å². The molecule has 0 bridgehead atoms. The first-order chi connectivity index (χ1) is 8.03. The van der Waals surface area contributed by atoms with Crippen molar-refractivity contribution >= 4 is 0 Å². The molecule has 0 heterocycles. The molecule has 0 atom stereocenters. The average molecular weight is 235 g/mol. The van der Waals surface area contributed by atoms with Crippen LogP contribution in [0.2, 0.25) is 0 Å². The van der Waals surface area contributed by atoms with Crippen LogP contribution in [0.4, 0.5) is 0 Å². The highest BCUT2D eigenvalue weighted by molar-refractivity contribution is 5.33. The van der Waals surface area contributed by atoms with Gasteiger partial charge in [-0.1, -0.05) is 45.9 Å². The number of rotatable bonds is 6. The third-order valence-corrected chi connectivity index (χ3v) is 2.41. The highest BCUT2D eigenvalue weighted by atomic mass is 16.5. The number of hydrogen-bond acceptors (Lipinski definition) is 2. The van der Waals surface area contributed by atoms with E-state index in [4.69, 9.17) is 4.74 Å². The van der Waals surface area contributed by atoms with Gasteiger partial charge in [-0.25, -0.2) is 0 Å². The Balaban J connectivity index is 2.51. The molecule has 0 radical (unpaired) electrons. The van der Waals surface area contributed by atoms with Crippen molar-refractivity contribution < 1.29 is 4.74 Å². The summed E-state index contributed by atoms with van der Waals surface area (Å²) in [6.45, 7) is 11.5. The van der Waals surface area contributed by atoms with Gasteiger partial charge < -0.3 is 10.1 Å². The SMILES string of the molecule is CCCOc1ccccc1CNCC(C)(C)C. The molecule has 2 nitrogen and oxygen atoms in total. The molecule has 96 valence electrons. The van der Waals surface area contributed by atoms with Gasteiger partial charge in [0.2, 0.25) is 0 Å². The van der Waals surface area contributed by atoms with Crippen LogP contribution in [0.5, 0.6) is 5.75 Å². The van der Waals surface area contributed by atoms with E-state index in [-0.39, 0.29) is 0 Å². The normalized spacial score (nSPS) is 11.5. The molecule has 0 amide bonds. The van der Waals surface area contributed by atoms with E-state index in [0.29, 0.717) is 5.41 Å². The Morgan fingerprint density at radius 2 is 1.88 bits per heavy atom. The van der Waals surface area contributed by atoms with Crippen molar-refractivity contribution in [2.24, 2.45) is 5.41 Å². The van der Waals surface area contributed by atoms with Gasteiger partial charge in [0, 0.05) is 18.7 Å². The molecule has 0 saturated carbocycles. The van der Waals surface area contributed by atoms with Crippen molar-refractivity contribution in [3.8, 4) is 5.75 Å². The van der Waals surface area contributed by atoms with Crippen molar-refractivity contribution in [3.05, 3.63) is 29.8 Å². The van der Waals surface area contributed by atoms with Crippen LogP contribution < -0.4 is 10.1 Å². The summed E-state index contributed by atoms with van der Waals surface area (Å²) >= 11 is 0. The van der Waals surface area contributed by atoms with E-state index in [1.807, 2.05) is 12.1 Å². The number of nitrogens with one attached hydrogen (secondary N) is 1. The molecule has 0 aliphatic heterocycles. The summed E-state index contributed by atoms with van der Waals surface area (Å²) in [6, 6.07) is 8.26. The Labute approximate surface area is 105 Å². The summed E-state index contributed by atoms with van der Waals surface area (Å²) in [5, 5.41) is 3.48. The lowest BCUT2D eigenvalue weighted by Gasteiger charge is -2.19. The van der Waals surface area contributed by atoms with Crippen LogP contribution in [0, 0.1) is 5.41 Å². The minimum Gasteiger partial charge on any atom is -0.493 e. The first-order valence-corrected chi connectivity index (χ1v) is 6.44. The van der Waals surface area contributed by atoms with E-state index >= 15 is 0 Å². The second-order valence-corrected chi connectivity index (χ2v) is 5.62. The van der Waals surface area contributed by atoms with E-state index in [2.05, 4.69) is 45.1 Å². The molecule has 0 aromatic heterocycles. The van der Waals surface area contributed by atoms with Crippen LogP contribution in [0.15, 0.2) is 24.3 Å². The van der Waals surface area contributed by atoms with Crippen molar-refractivity contribution in [1.29, 1.82) is 0 Å². The summed E-state index contributed by atoms with van der Waals surface area (Å²) in [5.41, 5.74) is 1.56. The van der Waals surface area contributed by atoms with Gasteiger partial charge in [0.05, 0.1) is 6.61 Å². The third-order valence-electron chi connectivity index (χ3n) is 2.41. The summed E-state index contributed by atoms with van der Waals surface area (Å²) < 4.78 is 5.73. The fourth-order valence-corrected chi connectivity index (χ4v) is 1.57. The van der Waals surface area contributed by atoms with Crippen molar-refractivity contribution in [1.82, 2.24) is 5.32 Å². The lowest BCUT2D eigenvalue weighted by Crippen LogP contribution is -2.26. The molecule has 2 heteroatoms. The molecule has 1 aromatic rings. The van der Waals surface area contributed by atoms with Crippen LogP contribution >= 0.6 is 0 Å². The molecule has 17 heavy (non-hydrogen) atoms. The van der Waals surface area contributed by atoms with E-state index < -0.39 is 0 Å². The number of benzene rings is 1. The van der Waals surface area contributed by atoms with Crippen LogP contribution in [0.3, 0.4) is 0 Å². The topological polar surface area (TPSA) is 21.3 Å². The van der Waals surface area contributed by atoms with E-state index in [0.717, 1.165) is 31.9 Å². The van der Waals surface area contributed by atoms with Gasteiger partial charge in [-0.05, 0) is 17.9 Å². The van der Waals surface area contributed by atoms with Crippen LogP contribution in [0.25, 0.3) is 0 Å². The van der Waals surface area contributed by atoms with Gasteiger partial charge in [0.25, 0.3) is 0 Å². The van der Waals surface area contributed by atoms with E-state index in [9.17, 15) is 0 Å². The predicted molar refractivity (Wildman–Crippen MR) is 73.4 cm³/mol. The van der Waals surface area contributed by atoms with Gasteiger partial charge in [-0.3, -0.25) is 0 Å². The van der Waals surface area contributed by atoms with E-state index in [1.165, 1.54) is 5.56 Å². The maximum Gasteiger partial charge on any atom is 0.123 e. The standard InChI is InChI=1S/C15H25NO/c1-5-10-17-14-9-7-6-8-13(14)11-16-12-15(2,3)4/h6-9,16H,5,10-12H2,1-4H3. The molecule has 0 aliphatic rings. The zero-order chi connectivity index (χ0) is 12.7. The van der Waals surface area contributed by atoms with Crippen molar-refractivity contribution in [2.75, 3.05) is 13.2 Å². The Bertz CT molecular complexity index is 328. The molecule has 1 rings (SSSR count). The zero-order valence-electron chi connectivity index (χ0n) is 11.5. The molecule has 1 aromatic carbocycles. The predicted octanol–water partition coefficient (Wildman–Crippen LogP) is 3.61. The quantitative estimate of drug-likeness (QED) is 0.813. The van der Waals surface area contributed by atoms with Crippen LogP contribution in [-0.2, 0) is 6.54 Å². The summed E-state index contributed by atoms with van der Waals surface area (Å²) in [4.78, 5) is 0. The fourth-order valence-electron chi connectivity index (χ4n) is 1.57. The van der Waals surface area contributed by atoms with Gasteiger partial charge in [-0.2, -0.15) is 0 Å². The maximum absolute atomic E-state index is 5.73. The average Bonchev–Trinajstić information content (AvgIpc) is 2.26. The Kier molecular flexibility index (Phi) is 5.49. The molecular formula is C15H25NO. The smallest absolute Gasteiger partial charge is 0.123 e. The van der Waals surface area contributed by atoms with Gasteiger partial charge in [0.1, 0.15) is 5.75 Å². The number of ether oxygens (including phenoxy) is 1. The largest absolute Gasteiger partial charge is 0.493 e. The molecule has 1 N–H and O–H groups in total. The Morgan fingerprint density at radius 3 is 2.53 bits per heavy atom. The second-order valence-electron chi connectivity index (χ2n) is 5.62. The summed E-state index contributed by atoms with van der Waals surface area (Å²) in [5.74, 6) is 1.01. The number of hydrogen-bond donors (Lipinski definition) is 1. The first kappa shape index (κ1) is 14.0. The molecule has 0 fully saturated rings. The minimum absolute atomic E-state index is 0.319. The Hall–Kier alpha value is -1.02. The molecular weight excluding hydrogens is 210 g/mol. The first-order valence-electron chi connectivity index (χ1n) is 6.44. The lowest BCUT2D eigenvalue weighted by molar-refractivity contribution is 0.311. The van der Waals surface area contributed by atoms with Gasteiger partial charge >= 0.3 is 0 Å². The fraction of sp³-hybridized carbons (Fsp3) is 0.600. The molecule has 0 unspecified atom stereocenters.